The highest BCUT2D eigenvalue weighted by molar-refractivity contribution is 6.03. The van der Waals surface area contributed by atoms with Gasteiger partial charge in [0.25, 0.3) is 11.8 Å². The summed E-state index contributed by atoms with van der Waals surface area (Å²) in [5.41, 5.74) is 0.00512. The van der Waals surface area contributed by atoms with E-state index in [-0.39, 0.29) is 41.4 Å². The molecular formula is C24H20F4N4O3. The van der Waals surface area contributed by atoms with Crippen molar-refractivity contribution in [1.29, 1.82) is 0 Å². The molecular weight excluding hydrogens is 468 g/mol. The van der Waals surface area contributed by atoms with Crippen LogP contribution in [0, 0.1) is 17.6 Å². The Morgan fingerprint density at radius 1 is 1.17 bits per heavy atom. The van der Waals surface area contributed by atoms with Gasteiger partial charge in [0.15, 0.2) is 17.4 Å². The van der Waals surface area contributed by atoms with Crippen molar-refractivity contribution in [1.82, 2.24) is 15.0 Å². The molecule has 0 saturated heterocycles. The van der Waals surface area contributed by atoms with E-state index in [2.05, 4.69) is 26.8 Å². The number of rotatable bonds is 6. The molecule has 2 atom stereocenters. The summed E-state index contributed by atoms with van der Waals surface area (Å²) in [7, 11) is 0. The number of anilines is 1. The van der Waals surface area contributed by atoms with Crippen LogP contribution in [0.3, 0.4) is 0 Å². The number of aromatic amines is 1. The van der Waals surface area contributed by atoms with Gasteiger partial charge in [-0.3, -0.25) is 9.59 Å². The van der Waals surface area contributed by atoms with Gasteiger partial charge in [0.05, 0.1) is 12.4 Å². The predicted molar refractivity (Wildman–Crippen MR) is 118 cm³/mol. The fourth-order valence-corrected chi connectivity index (χ4v) is 3.94. The third kappa shape index (κ3) is 5.56. The van der Waals surface area contributed by atoms with Gasteiger partial charge in [0, 0.05) is 36.2 Å². The maximum absolute atomic E-state index is 14.6. The van der Waals surface area contributed by atoms with Crippen LogP contribution in [0.25, 0.3) is 0 Å². The van der Waals surface area contributed by atoms with Crippen molar-refractivity contribution in [3.63, 3.8) is 0 Å². The second-order valence-corrected chi connectivity index (χ2v) is 8.17. The lowest BCUT2D eigenvalue weighted by Gasteiger charge is -2.36. The molecule has 2 N–H and O–H groups in total. The molecule has 1 fully saturated rings. The first-order valence-electron chi connectivity index (χ1n) is 10.6. The summed E-state index contributed by atoms with van der Waals surface area (Å²) in [4.78, 5) is 34.3. The van der Waals surface area contributed by atoms with Crippen LogP contribution in [-0.4, -0.2) is 26.8 Å². The van der Waals surface area contributed by atoms with Gasteiger partial charge in [-0.1, -0.05) is 12.6 Å². The molecule has 3 aromatic rings. The molecule has 2 aromatic heterocycles. The van der Waals surface area contributed by atoms with Crippen LogP contribution >= 0.6 is 0 Å². The van der Waals surface area contributed by atoms with Gasteiger partial charge in [-0.05, 0) is 36.5 Å². The van der Waals surface area contributed by atoms with Crippen molar-refractivity contribution in [2.45, 2.75) is 31.1 Å². The molecule has 0 aliphatic heterocycles. The van der Waals surface area contributed by atoms with Gasteiger partial charge in [0.1, 0.15) is 5.82 Å². The molecule has 11 heteroatoms. The zero-order valence-corrected chi connectivity index (χ0v) is 18.2. The summed E-state index contributed by atoms with van der Waals surface area (Å²) in [6, 6.07) is 5.33. The highest BCUT2D eigenvalue weighted by Crippen LogP contribution is 2.48. The van der Waals surface area contributed by atoms with Crippen molar-refractivity contribution in [2.75, 3.05) is 5.32 Å². The molecule has 4 rings (SSSR count). The van der Waals surface area contributed by atoms with Crippen LogP contribution in [0.5, 0.6) is 11.6 Å². The number of carbonyl (C=O) groups is 1. The molecule has 182 valence electrons. The van der Waals surface area contributed by atoms with Crippen LogP contribution in [0.2, 0.25) is 0 Å². The molecule has 7 nitrogen and oxygen atoms in total. The third-order valence-electron chi connectivity index (χ3n) is 5.83. The quantitative estimate of drug-likeness (QED) is 0.378. The van der Waals surface area contributed by atoms with Gasteiger partial charge in [-0.2, -0.15) is 0 Å². The molecule has 0 bridgehead atoms. The van der Waals surface area contributed by atoms with Crippen molar-refractivity contribution < 1.29 is 27.1 Å². The van der Waals surface area contributed by atoms with E-state index in [1.165, 1.54) is 24.5 Å². The smallest absolute Gasteiger partial charge is 0.255 e. The summed E-state index contributed by atoms with van der Waals surface area (Å²) in [5, 5.41) is 2.51. The summed E-state index contributed by atoms with van der Waals surface area (Å²) in [5.74, 6) is -7.26. The normalized spacial score (nSPS) is 19.1. The van der Waals surface area contributed by atoms with E-state index in [1.54, 1.807) is 0 Å². The van der Waals surface area contributed by atoms with E-state index in [4.69, 9.17) is 4.74 Å². The number of hydrogen-bond donors (Lipinski definition) is 2. The van der Waals surface area contributed by atoms with Crippen LogP contribution in [0.1, 0.15) is 30.7 Å². The first-order chi connectivity index (χ1) is 16.6. The Balaban J connectivity index is 1.40. The monoisotopic (exact) mass is 488 g/mol. The van der Waals surface area contributed by atoms with Crippen molar-refractivity contribution in [3.8, 4) is 11.6 Å². The third-order valence-corrected chi connectivity index (χ3v) is 5.83. The second-order valence-electron chi connectivity index (χ2n) is 8.17. The van der Waals surface area contributed by atoms with E-state index in [0.29, 0.717) is 6.07 Å². The molecule has 0 spiro atoms. The van der Waals surface area contributed by atoms with E-state index >= 15 is 0 Å². The van der Waals surface area contributed by atoms with Crippen molar-refractivity contribution >= 4 is 11.7 Å². The van der Waals surface area contributed by atoms with Crippen molar-refractivity contribution in [2.24, 2.45) is 5.92 Å². The number of amides is 1. The highest BCUT2D eigenvalue weighted by atomic mass is 19.3. The first kappa shape index (κ1) is 24.1. The first-order valence-corrected chi connectivity index (χ1v) is 10.6. The number of alkyl halides is 2. The standard InChI is InChI=1S/C24H20F4N4O3/c1-13(14-6-7-24(27,28)17(8-14)15-2-5-21(33)30-10-15)23(34)32-20-11-31-22(12-29-20)35-19-4-3-16(25)9-18(19)26/h2-5,9-12,14,17H,1,6-8H2,(H,30,33)(H,29,32,34)/t14-,17+/m0/s1. The average molecular weight is 488 g/mol. The molecule has 0 radical (unpaired) electrons. The summed E-state index contributed by atoms with van der Waals surface area (Å²) in [6.07, 6.45) is 3.19. The van der Waals surface area contributed by atoms with Gasteiger partial charge in [-0.15, -0.1) is 0 Å². The van der Waals surface area contributed by atoms with Gasteiger partial charge in [0.2, 0.25) is 11.4 Å². The highest BCUT2D eigenvalue weighted by Gasteiger charge is 2.46. The van der Waals surface area contributed by atoms with Crippen LogP contribution in [0.15, 0.2) is 65.9 Å². The minimum atomic E-state index is -2.99. The minimum Gasteiger partial charge on any atom is -0.434 e. The molecule has 1 amide bonds. The lowest BCUT2D eigenvalue weighted by molar-refractivity contribution is -0.114. The Morgan fingerprint density at radius 2 is 1.97 bits per heavy atom. The Morgan fingerprint density at radius 3 is 2.63 bits per heavy atom. The number of nitrogens with zero attached hydrogens (tertiary/aromatic N) is 2. The molecule has 35 heavy (non-hydrogen) atoms. The maximum atomic E-state index is 14.6. The van der Waals surface area contributed by atoms with Gasteiger partial charge < -0.3 is 15.0 Å². The number of pyridine rings is 1. The van der Waals surface area contributed by atoms with Gasteiger partial charge >= 0.3 is 0 Å². The Kier molecular flexibility index (Phi) is 6.68. The SMILES string of the molecule is C=C(C(=O)Nc1cnc(Oc2ccc(F)cc2F)cn1)[C@H]1CCC(F)(F)[C@@H](c2ccc(=O)[nH]c2)C1. The summed E-state index contributed by atoms with van der Waals surface area (Å²) < 4.78 is 61.1. The summed E-state index contributed by atoms with van der Waals surface area (Å²) in [6.45, 7) is 3.79. The van der Waals surface area contributed by atoms with E-state index in [0.717, 1.165) is 18.3 Å². The Labute approximate surface area is 196 Å². The largest absolute Gasteiger partial charge is 0.434 e. The fraction of sp³-hybridized carbons (Fsp3) is 0.250. The lowest BCUT2D eigenvalue weighted by Crippen LogP contribution is -2.36. The molecule has 0 unspecified atom stereocenters. The van der Waals surface area contributed by atoms with E-state index in [1.807, 2.05) is 0 Å². The molecule has 1 saturated carbocycles. The Hall–Kier alpha value is -4.02. The number of hydrogen-bond acceptors (Lipinski definition) is 5. The topological polar surface area (TPSA) is 97.0 Å². The fourth-order valence-electron chi connectivity index (χ4n) is 3.94. The lowest BCUT2D eigenvalue weighted by atomic mass is 9.73. The zero-order valence-electron chi connectivity index (χ0n) is 18.2. The number of carbonyl (C=O) groups excluding carboxylic acids is 1. The van der Waals surface area contributed by atoms with Crippen molar-refractivity contribution in [3.05, 3.63) is 88.6 Å². The van der Waals surface area contributed by atoms with Crippen LogP contribution in [0.4, 0.5) is 23.4 Å². The molecule has 1 aliphatic carbocycles. The molecule has 2 heterocycles. The summed E-state index contributed by atoms with van der Waals surface area (Å²) >= 11 is 0. The number of ether oxygens (including phenoxy) is 1. The predicted octanol–water partition coefficient (Wildman–Crippen LogP) is 4.95. The minimum absolute atomic E-state index is 0.0208. The van der Waals surface area contributed by atoms with E-state index < -0.39 is 47.3 Å². The number of aromatic nitrogens is 3. The van der Waals surface area contributed by atoms with E-state index in [9.17, 15) is 27.2 Å². The zero-order chi connectivity index (χ0) is 25.2. The second kappa shape index (κ2) is 9.69. The molecule has 1 aromatic carbocycles. The van der Waals surface area contributed by atoms with Gasteiger partial charge in [-0.25, -0.2) is 27.5 Å². The molecule has 1 aliphatic rings. The maximum Gasteiger partial charge on any atom is 0.255 e. The number of nitrogens with one attached hydrogen (secondary N) is 2. The number of benzene rings is 1. The average Bonchev–Trinajstić information content (AvgIpc) is 2.82. The van der Waals surface area contributed by atoms with Crippen LogP contribution in [-0.2, 0) is 4.79 Å². The van der Waals surface area contributed by atoms with Crippen LogP contribution < -0.4 is 15.6 Å². The number of H-pyrrole nitrogens is 1. The number of halogens is 4. The Bertz CT molecular complexity index is 1290.